The summed E-state index contributed by atoms with van der Waals surface area (Å²) in [6.45, 7) is 23.7. The normalized spacial score (nSPS) is 12.0. The summed E-state index contributed by atoms with van der Waals surface area (Å²) in [5.74, 6) is 0.900. The Balaban J connectivity index is 3.19. The summed E-state index contributed by atoms with van der Waals surface area (Å²) in [5.41, 5.74) is 3.43. The van der Waals surface area contributed by atoms with Gasteiger partial charge < -0.3 is 18.9 Å². The van der Waals surface area contributed by atoms with Crippen molar-refractivity contribution in [3.8, 4) is 23.1 Å². The summed E-state index contributed by atoms with van der Waals surface area (Å²) in [6.07, 6.45) is 1.44. The van der Waals surface area contributed by atoms with Crippen LogP contribution >= 0.6 is 0 Å². The van der Waals surface area contributed by atoms with Crippen LogP contribution in [0.5, 0.6) is 11.8 Å². The quantitative estimate of drug-likeness (QED) is 0.331. The fourth-order valence-electron chi connectivity index (χ4n) is 4.82. The number of ether oxygens (including phenoxy) is 4. The molecule has 0 N–H and O–H groups in total. The van der Waals surface area contributed by atoms with Gasteiger partial charge >= 0.3 is 12.2 Å². The molecule has 0 aliphatic heterocycles. The third-order valence-electron chi connectivity index (χ3n) is 6.02. The molecule has 8 nitrogen and oxygen atoms in total. The van der Waals surface area contributed by atoms with Crippen molar-refractivity contribution in [1.82, 2.24) is 9.13 Å². The van der Waals surface area contributed by atoms with Gasteiger partial charge in [-0.05, 0) is 92.2 Å². The highest BCUT2D eigenvalue weighted by molar-refractivity contribution is 5.90. The average Bonchev–Trinajstić information content (AvgIpc) is 3.28. The molecule has 2 aromatic heterocycles. The van der Waals surface area contributed by atoms with Gasteiger partial charge in [-0.25, -0.2) is 18.7 Å². The Morgan fingerprint density at radius 3 is 1.05 bits per heavy atom. The monoisotopic (exact) mass is 532 g/mol. The first-order valence-electron chi connectivity index (χ1n) is 14.0. The van der Waals surface area contributed by atoms with Crippen LogP contribution in [0.15, 0.2) is 0 Å². The standard InChI is InChI=1S/C30H48N2O6/c1-13-19-21(15-3)25(35-17-5)31(27(33)37-29(7,8)9)23(19)24-20(14-2)22(16-4)26(36-18-6)32(24)28(34)38-30(10,11)12/h13-18H2,1-12H3. The number of hydrogen-bond donors (Lipinski definition) is 0. The van der Waals surface area contributed by atoms with Crippen molar-refractivity contribution < 1.29 is 28.5 Å². The van der Waals surface area contributed by atoms with E-state index in [-0.39, 0.29) is 0 Å². The third-order valence-corrected chi connectivity index (χ3v) is 6.02. The molecule has 2 aromatic rings. The molecule has 0 aliphatic rings. The number of carbonyl (C=O) groups is 2. The van der Waals surface area contributed by atoms with Crippen molar-refractivity contribution in [2.24, 2.45) is 0 Å². The predicted octanol–water partition coefficient (Wildman–Crippen LogP) is 7.57. The second-order valence-electron chi connectivity index (χ2n) is 11.1. The smallest absolute Gasteiger partial charge is 0.421 e. The van der Waals surface area contributed by atoms with Gasteiger partial charge in [0, 0.05) is 11.1 Å². The summed E-state index contributed by atoms with van der Waals surface area (Å²) >= 11 is 0. The molecular weight excluding hydrogens is 484 g/mol. The summed E-state index contributed by atoms with van der Waals surface area (Å²) in [5, 5.41) is 0. The van der Waals surface area contributed by atoms with Gasteiger partial charge in [-0.1, -0.05) is 27.7 Å². The van der Waals surface area contributed by atoms with E-state index in [1.54, 1.807) is 0 Å². The van der Waals surface area contributed by atoms with Crippen LogP contribution in [0.1, 0.15) is 105 Å². The first-order valence-corrected chi connectivity index (χ1v) is 14.0. The highest BCUT2D eigenvalue weighted by Crippen LogP contribution is 2.44. The van der Waals surface area contributed by atoms with Gasteiger partial charge in [0.05, 0.1) is 24.6 Å². The first-order chi connectivity index (χ1) is 17.7. The topological polar surface area (TPSA) is 80.9 Å². The molecule has 2 rings (SSSR count). The molecule has 0 fully saturated rings. The van der Waals surface area contributed by atoms with Crippen molar-refractivity contribution in [2.75, 3.05) is 13.2 Å². The maximum absolute atomic E-state index is 13.8. The lowest BCUT2D eigenvalue weighted by Crippen LogP contribution is -2.30. The molecule has 0 aliphatic carbocycles. The zero-order valence-electron chi connectivity index (χ0n) is 25.6. The zero-order valence-corrected chi connectivity index (χ0v) is 25.6. The summed E-state index contributed by atoms with van der Waals surface area (Å²) in [4.78, 5) is 27.7. The molecular formula is C30H48N2O6. The molecule has 38 heavy (non-hydrogen) atoms. The Morgan fingerprint density at radius 1 is 0.553 bits per heavy atom. The van der Waals surface area contributed by atoms with Gasteiger partial charge in [0.25, 0.3) is 0 Å². The SMILES string of the molecule is CCOc1c(CC)c(CC)c(-c2c(CC)c(CC)c(OCC)n2C(=O)OC(C)(C)C)n1C(=O)OC(C)(C)C. The van der Waals surface area contributed by atoms with Crippen LogP contribution in [0.25, 0.3) is 11.4 Å². The van der Waals surface area contributed by atoms with Crippen LogP contribution in [0.4, 0.5) is 9.59 Å². The lowest BCUT2D eigenvalue weighted by Gasteiger charge is -2.24. The molecule has 0 radical (unpaired) electrons. The molecule has 0 saturated carbocycles. The highest BCUT2D eigenvalue weighted by Gasteiger charge is 2.37. The van der Waals surface area contributed by atoms with Crippen LogP contribution < -0.4 is 9.47 Å². The van der Waals surface area contributed by atoms with Gasteiger partial charge in [0.15, 0.2) is 0 Å². The summed E-state index contributed by atoms with van der Waals surface area (Å²) in [7, 11) is 0. The Kier molecular flexibility index (Phi) is 10.1. The van der Waals surface area contributed by atoms with E-state index >= 15 is 0 Å². The number of nitrogens with zero attached hydrogens (tertiary/aromatic N) is 2. The molecule has 0 amide bonds. The minimum Gasteiger partial charge on any atom is -0.479 e. The van der Waals surface area contributed by atoms with Gasteiger partial charge in [0.1, 0.15) is 11.2 Å². The van der Waals surface area contributed by atoms with Crippen molar-refractivity contribution >= 4 is 12.2 Å². The molecule has 0 atom stereocenters. The summed E-state index contributed by atoms with van der Waals surface area (Å²) in [6, 6.07) is 0. The highest BCUT2D eigenvalue weighted by atomic mass is 16.6. The molecule has 0 saturated heterocycles. The molecule has 0 unspecified atom stereocenters. The largest absolute Gasteiger partial charge is 0.479 e. The Labute approximate surface area is 228 Å². The van der Waals surface area contributed by atoms with E-state index in [0.29, 0.717) is 62.0 Å². The van der Waals surface area contributed by atoms with E-state index in [0.717, 1.165) is 22.3 Å². The predicted molar refractivity (Wildman–Crippen MR) is 151 cm³/mol. The van der Waals surface area contributed by atoms with Crippen molar-refractivity contribution in [3.05, 3.63) is 22.3 Å². The lowest BCUT2D eigenvalue weighted by atomic mass is 9.99. The number of rotatable bonds is 9. The molecule has 214 valence electrons. The Bertz CT molecular complexity index is 1050. The fourth-order valence-corrected chi connectivity index (χ4v) is 4.82. The van der Waals surface area contributed by atoms with Crippen LogP contribution in [0.3, 0.4) is 0 Å². The van der Waals surface area contributed by atoms with Crippen LogP contribution in [-0.4, -0.2) is 45.7 Å². The van der Waals surface area contributed by atoms with Crippen LogP contribution in [0, 0.1) is 0 Å². The molecule has 0 spiro atoms. The molecule has 8 heteroatoms. The maximum Gasteiger partial charge on any atom is 0.421 e. The Morgan fingerprint density at radius 2 is 0.842 bits per heavy atom. The van der Waals surface area contributed by atoms with Crippen molar-refractivity contribution in [1.29, 1.82) is 0 Å². The number of aromatic nitrogens is 2. The lowest BCUT2D eigenvalue weighted by molar-refractivity contribution is 0.0502. The van der Waals surface area contributed by atoms with E-state index in [9.17, 15) is 9.59 Å². The minimum atomic E-state index is -0.729. The van der Waals surface area contributed by atoms with Gasteiger partial charge in [-0.2, -0.15) is 0 Å². The van der Waals surface area contributed by atoms with E-state index in [4.69, 9.17) is 18.9 Å². The Hall–Kier alpha value is -2.90. The van der Waals surface area contributed by atoms with Crippen molar-refractivity contribution in [3.63, 3.8) is 0 Å². The minimum absolute atomic E-state index is 0.376. The van der Waals surface area contributed by atoms with E-state index in [2.05, 4.69) is 0 Å². The van der Waals surface area contributed by atoms with Gasteiger partial charge in [-0.15, -0.1) is 0 Å². The first kappa shape index (κ1) is 31.3. The second kappa shape index (κ2) is 12.3. The zero-order chi connectivity index (χ0) is 29.0. The third kappa shape index (κ3) is 6.38. The van der Waals surface area contributed by atoms with E-state index in [1.165, 1.54) is 9.13 Å². The van der Waals surface area contributed by atoms with Gasteiger partial charge in [-0.3, -0.25) is 0 Å². The average molecular weight is 533 g/mol. The van der Waals surface area contributed by atoms with E-state index in [1.807, 2.05) is 83.1 Å². The molecule has 0 aromatic carbocycles. The van der Waals surface area contributed by atoms with Gasteiger partial charge in [0.2, 0.25) is 11.8 Å². The fraction of sp³-hybridized carbons (Fsp3) is 0.667. The maximum atomic E-state index is 13.8. The molecule has 0 bridgehead atoms. The second-order valence-corrected chi connectivity index (χ2v) is 11.1. The van der Waals surface area contributed by atoms with Crippen LogP contribution in [-0.2, 0) is 35.2 Å². The van der Waals surface area contributed by atoms with Crippen LogP contribution in [0.2, 0.25) is 0 Å². The van der Waals surface area contributed by atoms with E-state index < -0.39 is 23.4 Å². The number of carbonyl (C=O) groups excluding carboxylic acids is 2. The molecule has 2 heterocycles. The van der Waals surface area contributed by atoms with Crippen molar-refractivity contribution in [2.45, 2.75) is 120 Å². The summed E-state index contributed by atoms with van der Waals surface area (Å²) < 4.78 is 27.0. The number of hydrogen-bond acceptors (Lipinski definition) is 6.